The van der Waals surface area contributed by atoms with Crippen LogP contribution in [0.15, 0.2) is 16.9 Å². The summed E-state index contributed by atoms with van der Waals surface area (Å²) in [6.07, 6.45) is 2.17. The average Bonchev–Trinajstić information content (AvgIpc) is 3.12. The molecule has 1 atom stereocenters. The number of fused-ring (bicyclic) bond motifs is 1. The van der Waals surface area contributed by atoms with E-state index >= 15 is 0 Å². The highest BCUT2D eigenvalue weighted by Crippen LogP contribution is 2.41. The number of nitrogens with zero attached hydrogens (tertiary/aromatic N) is 3. The van der Waals surface area contributed by atoms with Gasteiger partial charge in [0.2, 0.25) is 0 Å². The Labute approximate surface area is 148 Å². The molecule has 1 fully saturated rings. The summed E-state index contributed by atoms with van der Waals surface area (Å²) in [5.41, 5.74) is 0.490. The number of hydrogen-bond acceptors (Lipinski definition) is 4. The Bertz CT molecular complexity index is 840. The number of phenols is 1. The van der Waals surface area contributed by atoms with Crippen LogP contribution in [0.3, 0.4) is 0 Å². The largest absolute Gasteiger partial charge is 0.508 e. The minimum atomic E-state index is -0.101. The topological polar surface area (TPSA) is 69.3 Å². The molecule has 0 radical (unpaired) electrons. The summed E-state index contributed by atoms with van der Waals surface area (Å²) in [5, 5.41) is 15.4. The van der Waals surface area contributed by atoms with E-state index in [9.17, 15) is 9.90 Å². The van der Waals surface area contributed by atoms with Gasteiger partial charge in [0.05, 0.1) is 16.1 Å². The lowest BCUT2D eigenvalue weighted by atomic mass is 9.96. The van der Waals surface area contributed by atoms with Crippen LogP contribution in [-0.2, 0) is 17.7 Å². The van der Waals surface area contributed by atoms with Gasteiger partial charge in [-0.1, -0.05) is 23.2 Å². The summed E-state index contributed by atoms with van der Waals surface area (Å²) in [5.74, 6) is 0.729. The van der Waals surface area contributed by atoms with Crippen LogP contribution in [0.5, 0.6) is 5.75 Å². The molecule has 0 amide bonds. The van der Waals surface area contributed by atoms with Crippen molar-refractivity contribution in [2.75, 3.05) is 13.2 Å². The number of hydrogen-bond donors (Lipinski definition) is 1. The molecule has 2 aromatic rings. The van der Waals surface area contributed by atoms with Crippen LogP contribution < -0.4 is 5.69 Å². The maximum atomic E-state index is 12.7. The van der Waals surface area contributed by atoms with Gasteiger partial charge in [0.25, 0.3) is 0 Å². The Morgan fingerprint density at radius 1 is 1.25 bits per heavy atom. The Hall–Kier alpha value is -1.50. The zero-order chi connectivity index (χ0) is 16.8. The van der Waals surface area contributed by atoms with E-state index in [1.807, 2.05) is 0 Å². The van der Waals surface area contributed by atoms with E-state index in [0.29, 0.717) is 41.8 Å². The molecule has 1 aromatic heterocycles. The molecule has 0 bridgehead atoms. The van der Waals surface area contributed by atoms with E-state index < -0.39 is 0 Å². The summed E-state index contributed by atoms with van der Waals surface area (Å²) in [6, 6.07) is 3.20. The van der Waals surface area contributed by atoms with Gasteiger partial charge < -0.3 is 9.84 Å². The van der Waals surface area contributed by atoms with Crippen molar-refractivity contribution in [3.63, 3.8) is 0 Å². The molecule has 8 heteroatoms. The second-order valence-corrected chi connectivity index (χ2v) is 7.08. The van der Waals surface area contributed by atoms with E-state index in [0.717, 1.165) is 18.7 Å². The summed E-state index contributed by atoms with van der Waals surface area (Å²) >= 11 is 12.3. The number of ether oxygens (including phenoxy) is 1. The lowest BCUT2D eigenvalue weighted by molar-refractivity contribution is 0.0648. The standard InChI is InChI=1S/C16H17Cl2N3O3/c17-11-1-2-12(22)14(15(11)18)9-7-13-19-21(16(23)20(13)8-9)10-3-5-24-6-4-10/h1-2,9-10,22H,3-8H2/t9-/m1/s1. The molecule has 0 aliphatic carbocycles. The summed E-state index contributed by atoms with van der Waals surface area (Å²) < 4.78 is 8.61. The molecule has 1 saturated heterocycles. The molecular weight excluding hydrogens is 353 g/mol. The fraction of sp³-hybridized carbons (Fsp3) is 0.500. The molecule has 0 saturated carbocycles. The van der Waals surface area contributed by atoms with Crippen molar-refractivity contribution >= 4 is 23.2 Å². The van der Waals surface area contributed by atoms with Crippen molar-refractivity contribution in [3.05, 3.63) is 44.1 Å². The smallest absolute Gasteiger partial charge is 0.346 e. The monoisotopic (exact) mass is 369 g/mol. The zero-order valence-corrected chi connectivity index (χ0v) is 14.4. The second kappa shape index (κ2) is 6.10. The molecule has 4 rings (SSSR count). The second-order valence-electron chi connectivity index (χ2n) is 6.29. The van der Waals surface area contributed by atoms with Crippen LogP contribution in [0, 0.1) is 0 Å². The third-order valence-electron chi connectivity index (χ3n) is 4.85. The van der Waals surface area contributed by atoms with Crippen molar-refractivity contribution in [2.24, 2.45) is 0 Å². The van der Waals surface area contributed by atoms with E-state index in [1.165, 1.54) is 6.07 Å². The molecule has 24 heavy (non-hydrogen) atoms. The Morgan fingerprint density at radius 3 is 2.71 bits per heavy atom. The van der Waals surface area contributed by atoms with Gasteiger partial charge in [-0.05, 0) is 25.0 Å². The third-order valence-corrected chi connectivity index (χ3v) is 5.67. The number of rotatable bonds is 2. The average molecular weight is 370 g/mol. The Morgan fingerprint density at radius 2 is 2.00 bits per heavy atom. The number of aromatic nitrogens is 3. The predicted octanol–water partition coefficient (Wildman–Crippen LogP) is 2.75. The van der Waals surface area contributed by atoms with Gasteiger partial charge in [-0.15, -0.1) is 0 Å². The molecule has 2 aliphatic rings. The maximum absolute atomic E-state index is 12.7. The van der Waals surface area contributed by atoms with E-state index in [-0.39, 0.29) is 23.4 Å². The molecule has 6 nitrogen and oxygen atoms in total. The van der Waals surface area contributed by atoms with Crippen molar-refractivity contribution in [1.29, 1.82) is 0 Å². The van der Waals surface area contributed by atoms with Crippen molar-refractivity contribution < 1.29 is 9.84 Å². The first-order chi connectivity index (χ1) is 11.6. The number of halogens is 2. The van der Waals surface area contributed by atoms with Crippen LogP contribution in [0.4, 0.5) is 0 Å². The quantitative estimate of drug-likeness (QED) is 0.883. The van der Waals surface area contributed by atoms with Crippen LogP contribution in [-0.4, -0.2) is 32.7 Å². The highest BCUT2D eigenvalue weighted by Gasteiger charge is 2.33. The minimum Gasteiger partial charge on any atom is -0.508 e. The van der Waals surface area contributed by atoms with E-state index in [4.69, 9.17) is 27.9 Å². The summed E-state index contributed by atoms with van der Waals surface area (Å²) in [4.78, 5) is 12.7. The number of benzene rings is 1. The van der Waals surface area contributed by atoms with E-state index in [1.54, 1.807) is 15.3 Å². The maximum Gasteiger partial charge on any atom is 0.346 e. The predicted molar refractivity (Wildman–Crippen MR) is 90.1 cm³/mol. The summed E-state index contributed by atoms with van der Waals surface area (Å²) in [6.45, 7) is 1.77. The lowest BCUT2D eigenvalue weighted by Gasteiger charge is -2.21. The van der Waals surface area contributed by atoms with Gasteiger partial charge >= 0.3 is 5.69 Å². The van der Waals surface area contributed by atoms with Gasteiger partial charge in [0, 0.05) is 37.7 Å². The van der Waals surface area contributed by atoms with Gasteiger partial charge in [0.1, 0.15) is 11.6 Å². The molecule has 2 aliphatic heterocycles. The van der Waals surface area contributed by atoms with Gasteiger partial charge in [0.15, 0.2) is 0 Å². The SMILES string of the molecule is O=c1n(C2CCOCC2)nc2n1C[C@H](c1c(O)ccc(Cl)c1Cl)C2. The van der Waals surface area contributed by atoms with E-state index in [2.05, 4.69) is 5.10 Å². The van der Waals surface area contributed by atoms with Crippen LogP contribution >= 0.6 is 23.2 Å². The highest BCUT2D eigenvalue weighted by atomic mass is 35.5. The Balaban J connectivity index is 1.64. The van der Waals surface area contributed by atoms with Gasteiger partial charge in [-0.2, -0.15) is 5.10 Å². The molecule has 0 spiro atoms. The third kappa shape index (κ3) is 2.53. The van der Waals surface area contributed by atoms with Gasteiger partial charge in [-0.3, -0.25) is 4.57 Å². The first-order valence-corrected chi connectivity index (χ1v) is 8.74. The fourth-order valence-corrected chi connectivity index (χ4v) is 4.08. The zero-order valence-electron chi connectivity index (χ0n) is 12.9. The molecule has 1 aromatic carbocycles. The number of aromatic hydroxyl groups is 1. The number of phenolic OH excluding ortho intramolecular Hbond substituents is 1. The molecule has 0 unspecified atom stereocenters. The first-order valence-electron chi connectivity index (χ1n) is 7.99. The molecule has 128 valence electrons. The molecular formula is C16H17Cl2N3O3. The van der Waals surface area contributed by atoms with Crippen molar-refractivity contribution in [1.82, 2.24) is 14.3 Å². The Kier molecular flexibility index (Phi) is 4.06. The molecule has 1 N–H and O–H groups in total. The summed E-state index contributed by atoms with van der Waals surface area (Å²) in [7, 11) is 0. The lowest BCUT2D eigenvalue weighted by Crippen LogP contribution is -2.31. The van der Waals surface area contributed by atoms with Gasteiger partial charge in [-0.25, -0.2) is 9.48 Å². The van der Waals surface area contributed by atoms with Crippen LogP contribution in [0.25, 0.3) is 0 Å². The minimum absolute atomic E-state index is 0.1000. The van der Waals surface area contributed by atoms with Crippen molar-refractivity contribution in [2.45, 2.75) is 37.8 Å². The first kappa shape index (κ1) is 16.0. The van der Waals surface area contributed by atoms with Crippen molar-refractivity contribution in [3.8, 4) is 5.75 Å². The highest BCUT2D eigenvalue weighted by molar-refractivity contribution is 6.42. The normalized spacial score (nSPS) is 21.2. The molecule has 3 heterocycles. The van der Waals surface area contributed by atoms with Crippen LogP contribution in [0.1, 0.15) is 36.2 Å². The van der Waals surface area contributed by atoms with Crippen LogP contribution in [0.2, 0.25) is 10.0 Å². The fourth-order valence-electron chi connectivity index (χ4n) is 3.60.